The van der Waals surface area contributed by atoms with Gasteiger partial charge in [-0.2, -0.15) is 0 Å². The van der Waals surface area contributed by atoms with E-state index in [2.05, 4.69) is 53.3 Å². The second-order valence-electron chi connectivity index (χ2n) is 5.91. The highest BCUT2D eigenvalue weighted by atomic mass is 127. The molecule has 1 aromatic heterocycles. The zero-order valence-corrected chi connectivity index (χ0v) is 14.8. The van der Waals surface area contributed by atoms with Crippen molar-refractivity contribution in [3.8, 4) is 5.75 Å². The molecule has 5 heteroatoms. The molecule has 0 bridgehead atoms. The Morgan fingerprint density at radius 1 is 1.29 bits per heavy atom. The Hall–Kier alpha value is -1.37. The van der Waals surface area contributed by atoms with Crippen molar-refractivity contribution in [1.82, 2.24) is 9.97 Å². The van der Waals surface area contributed by atoms with Crippen LogP contribution in [0.15, 0.2) is 29.1 Å². The number of para-hydroxylation sites is 1. The first-order valence-corrected chi connectivity index (χ1v) is 7.82. The van der Waals surface area contributed by atoms with Crippen LogP contribution in [0.1, 0.15) is 37.9 Å². The quantitative estimate of drug-likeness (QED) is 0.808. The van der Waals surface area contributed by atoms with E-state index in [4.69, 9.17) is 4.74 Å². The maximum Gasteiger partial charge on any atom is 0.264 e. The van der Waals surface area contributed by atoms with Gasteiger partial charge < -0.3 is 9.72 Å². The van der Waals surface area contributed by atoms with E-state index in [9.17, 15) is 4.79 Å². The molecule has 0 atom stereocenters. The molecule has 0 unspecified atom stereocenters. The number of nitrogens with zero attached hydrogens (tertiary/aromatic N) is 1. The molecule has 0 amide bonds. The van der Waals surface area contributed by atoms with Crippen LogP contribution in [0.2, 0.25) is 0 Å². The Morgan fingerprint density at radius 2 is 1.95 bits per heavy atom. The Bertz CT molecular complexity index is 702. The molecule has 4 nitrogen and oxygen atoms in total. The normalized spacial score (nSPS) is 11.5. The third kappa shape index (κ3) is 3.64. The molecule has 0 fully saturated rings. The number of H-pyrrole nitrogens is 1. The second-order valence-corrected chi connectivity index (χ2v) is 6.99. The van der Waals surface area contributed by atoms with Crippen molar-refractivity contribution in [2.45, 2.75) is 32.6 Å². The fourth-order valence-electron chi connectivity index (χ4n) is 2.12. The number of aromatic nitrogens is 2. The summed E-state index contributed by atoms with van der Waals surface area (Å²) in [5.74, 6) is 1.46. The van der Waals surface area contributed by atoms with E-state index >= 15 is 0 Å². The van der Waals surface area contributed by atoms with Crippen LogP contribution in [0, 0.1) is 3.57 Å². The molecule has 0 spiro atoms. The SMILES string of the molecule is COc1ccccc1Cc1nc(C(C)(C)C)c(I)c(=O)[nH]1. The summed E-state index contributed by atoms with van der Waals surface area (Å²) in [6.07, 6.45) is 0.541. The number of ether oxygens (including phenoxy) is 1. The molecule has 112 valence electrons. The van der Waals surface area contributed by atoms with Crippen LogP contribution in [0.3, 0.4) is 0 Å². The standard InChI is InChI=1S/C16H19IN2O2/c1-16(2,3)14-13(17)15(20)19-12(18-14)9-10-7-5-6-8-11(10)21-4/h5-8H,9H2,1-4H3,(H,18,19,20). The summed E-state index contributed by atoms with van der Waals surface area (Å²) in [5, 5.41) is 0. The fourth-order valence-corrected chi connectivity index (χ4v) is 3.18. The number of methoxy groups -OCH3 is 1. The fraction of sp³-hybridized carbons (Fsp3) is 0.375. The first kappa shape index (κ1) is 16.0. The predicted molar refractivity (Wildman–Crippen MR) is 92.1 cm³/mol. The van der Waals surface area contributed by atoms with E-state index in [0.29, 0.717) is 15.8 Å². The van der Waals surface area contributed by atoms with Gasteiger partial charge >= 0.3 is 0 Å². The van der Waals surface area contributed by atoms with E-state index in [-0.39, 0.29) is 11.0 Å². The van der Waals surface area contributed by atoms with Gasteiger partial charge in [0.2, 0.25) is 0 Å². The Kier molecular flexibility index (Phi) is 4.70. The monoisotopic (exact) mass is 398 g/mol. The number of aromatic amines is 1. The number of nitrogens with one attached hydrogen (secondary N) is 1. The van der Waals surface area contributed by atoms with Crippen molar-refractivity contribution in [2.24, 2.45) is 0 Å². The van der Waals surface area contributed by atoms with Crippen molar-refractivity contribution in [1.29, 1.82) is 0 Å². The maximum atomic E-state index is 12.1. The molecule has 0 aliphatic carbocycles. The highest BCUT2D eigenvalue weighted by Gasteiger charge is 2.22. The Balaban J connectivity index is 2.46. The van der Waals surface area contributed by atoms with Gasteiger partial charge in [0.25, 0.3) is 5.56 Å². The summed E-state index contributed by atoms with van der Waals surface area (Å²) in [6.45, 7) is 6.18. The van der Waals surface area contributed by atoms with Gasteiger partial charge in [0.15, 0.2) is 0 Å². The molecule has 0 radical (unpaired) electrons. The van der Waals surface area contributed by atoms with Crippen molar-refractivity contribution >= 4 is 22.6 Å². The predicted octanol–water partition coefficient (Wildman–Crippen LogP) is 3.27. The van der Waals surface area contributed by atoms with Gasteiger partial charge in [0, 0.05) is 17.4 Å². The molecular formula is C16H19IN2O2. The molecule has 21 heavy (non-hydrogen) atoms. The summed E-state index contributed by atoms with van der Waals surface area (Å²) >= 11 is 2.06. The van der Waals surface area contributed by atoms with Gasteiger partial charge in [0.05, 0.1) is 12.8 Å². The van der Waals surface area contributed by atoms with Gasteiger partial charge in [-0.25, -0.2) is 4.98 Å². The molecule has 1 heterocycles. The maximum absolute atomic E-state index is 12.1. The lowest BCUT2D eigenvalue weighted by atomic mass is 9.92. The topological polar surface area (TPSA) is 55.0 Å². The Morgan fingerprint density at radius 3 is 2.57 bits per heavy atom. The molecule has 1 aromatic carbocycles. The number of hydrogen-bond donors (Lipinski definition) is 1. The average Bonchev–Trinajstić information content (AvgIpc) is 2.42. The first-order valence-electron chi connectivity index (χ1n) is 6.74. The van der Waals surface area contributed by atoms with Crippen molar-refractivity contribution in [3.05, 3.63) is 55.3 Å². The third-order valence-corrected chi connectivity index (χ3v) is 4.17. The minimum atomic E-state index is -0.166. The number of hydrogen-bond acceptors (Lipinski definition) is 3. The summed E-state index contributed by atoms with van der Waals surface area (Å²) in [4.78, 5) is 19.6. The van der Waals surface area contributed by atoms with E-state index in [1.54, 1.807) is 7.11 Å². The van der Waals surface area contributed by atoms with Gasteiger partial charge in [-0.1, -0.05) is 39.0 Å². The van der Waals surface area contributed by atoms with Crippen LogP contribution in [0.25, 0.3) is 0 Å². The molecule has 2 aromatic rings. The molecule has 0 saturated carbocycles. The lowest BCUT2D eigenvalue weighted by Crippen LogP contribution is -2.25. The van der Waals surface area contributed by atoms with Crippen LogP contribution < -0.4 is 10.3 Å². The van der Waals surface area contributed by atoms with Crippen molar-refractivity contribution in [3.63, 3.8) is 0 Å². The van der Waals surface area contributed by atoms with E-state index < -0.39 is 0 Å². The summed E-state index contributed by atoms with van der Waals surface area (Å²) < 4.78 is 6.00. The smallest absolute Gasteiger partial charge is 0.264 e. The zero-order chi connectivity index (χ0) is 15.6. The average molecular weight is 398 g/mol. The molecule has 0 aliphatic rings. The van der Waals surface area contributed by atoms with E-state index in [0.717, 1.165) is 17.0 Å². The minimum absolute atomic E-state index is 0.0829. The molecule has 1 N–H and O–H groups in total. The zero-order valence-electron chi connectivity index (χ0n) is 12.7. The molecule has 2 rings (SSSR count). The van der Waals surface area contributed by atoms with Crippen LogP contribution >= 0.6 is 22.6 Å². The lowest BCUT2D eigenvalue weighted by Gasteiger charge is -2.20. The molecule has 0 aliphatic heterocycles. The van der Waals surface area contributed by atoms with Gasteiger partial charge in [-0.05, 0) is 28.7 Å². The highest BCUT2D eigenvalue weighted by molar-refractivity contribution is 14.1. The first-order chi connectivity index (χ1) is 9.82. The summed E-state index contributed by atoms with van der Waals surface area (Å²) in [5.41, 5.74) is 1.58. The lowest BCUT2D eigenvalue weighted by molar-refractivity contribution is 0.410. The van der Waals surface area contributed by atoms with Crippen LogP contribution in [-0.2, 0) is 11.8 Å². The number of halogens is 1. The van der Waals surface area contributed by atoms with E-state index in [1.165, 1.54) is 0 Å². The Labute approximate surface area is 138 Å². The van der Waals surface area contributed by atoms with Crippen molar-refractivity contribution < 1.29 is 4.74 Å². The third-order valence-electron chi connectivity index (χ3n) is 3.17. The summed E-state index contributed by atoms with van der Waals surface area (Å²) in [6, 6.07) is 7.76. The van der Waals surface area contributed by atoms with E-state index in [1.807, 2.05) is 24.3 Å². The second kappa shape index (κ2) is 6.17. The molecule has 0 saturated heterocycles. The van der Waals surface area contributed by atoms with Gasteiger partial charge in [0.1, 0.15) is 15.1 Å². The highest BCUT2D eigenvalue weighted by Crippen LogP contribution is 2.24. The van der Waals surface area contributed by atoms with Crippen LogP contribution in [-0.4, -0.2) is 17.1 Å². The van der Waals surface area contributed by atoms with Crippen LogP contribution in [0.5, 0.6) is 5.75 Å². The molecular weight excluding hydrogens is 379 g/mol. The van der Waals surface area contributed by atoms with Gasteiger partial charge in [-0.3, -0.25) is 4.79 Å². The van der Waals surface area contributed by atoms with Crippen molar-refractivity contribution in [2.75, 3.05) is 7.11 Å². The summed E-state index contributed by atoms with van der Waals surface area (Å²) in [7, 11) is 1.64. The largest absolute Gasteiger partial charge is 0.496 e. The van der Waals surface area contributed by atoms with Crippen LogP contribution in [0.4, 0.5) is 0 Å². The number of benzene rings is 1. The number of rotatable bonds is 3. The minimum Gasteiger partial charge on any atom is -0.496 e. The van der Waals surface area contributed by atoms with Gasteiger partial charge in [-0.15, -0.1) is 0 Å².